The zero-order valence-electron chi connectivity index (χ0n) is 8.31. The van der Waals surface area contributed by atoms with Crippen LogP contribution in [0.1, 0.15) is 6.92 Å². The van der Waals surface area contributed by atoms with Crippen LogP contribution in [0.15, 0.2) is 30.6 Å². The molecule has 3 nitrogen and oxygen atoms in total. The molecule has 78 valence electrons. The largest absolute Gasteiger partial charge is 0.507 e. The summed E-state index contributed by atoms with van der Waals surface area (Å²) < 4.78 is 14.7. The summed E-state index contributed by atoms with van der Waals surface area (Å²) in [6.07, 6.45) is 3.47. The lowest BCUT2D eigenvalue weighted by Gasteiger charge is -2.06. The number of nitrogens with zero attached hydrogens (tertiary/aromatic N) is 2. The Morgan fingerprint density at radius 3 is 2.93 bits per heavy atom. The highest BCUT2D eigenvalue weighted by atomic mass is 19.1. The molecule has 0 saturated carbocycles. The van der Waals surface area contributed by atoms with Gasteiger partial charge in [0, 0.05) is 25.0 Å². The van der Waals surface area contributed by atoms with Gasteiger partial charge in [0.1, 0.15) is 17.4 Å². The molecule has 1 N–H and O–H groups in total. The lowest BCUT2D eigenvalue weighted by atomic mass is 10.2. The van der Waals surface area contributed by atoms with Crippen LogP contribution >= 0.6 is 0 Å². The Kier molecular flexibility index (Phi) is 2.41. The molecule has 1 aromatic carbocycles. The average Bonchev–Trinajstić information content (AvgIpc) is 2.65. The Morgan fingerprint density at radius 1 is 1.47 bits per heavy atom. The minimum atomic E-state index is -0.453. The van der Waals surface area contributed by atoms with Gasteiger partial charge >= 0.3 is 0 Å². The van der Waals surface area contributed by atoms with Gasteiger partial charge in [-0.25, -0.2) is 9.37 Å². The Morgan fingerprint density at radius 2 is 2.27 bits per heavy atom. The molecule has 15 heavy (non-hydrogen) atoms. The first-order chi connectivity index (χ1) is 7.22. The monoisotopic (exact) mass is 206 g/mol. The van der Waals surface area contributed by atoms with Crippen molar-refractivity contribution in [1.82, 2.24) is 9.55 Å². The molecule has 0 aliphatic rings. The number of aryl methyl sites for hydroxylation is 1. The topological polar surface area (TPSA) is 38.0 Å². The van der Waals surface area contributed by atoms with Crippen molar-refractivity contribution in [2.45, 2.75) is 13.5 Å². The average molecular weight is 206 g/mol. The van der Waals surface area contributed by atoms with Gasteiger partial charge in [-0.1, -0.05) is 0 Å². The SMILES string of the molecule is CCn1ccnc1-c1ccc(F)cc1O. The van der Waals surface area contributed by atoms with E-state index in [9.17, 15) is 9.50 Å². The Balaban J connectivity index is 2.54. The molecule has 0 aliphatic carbocycles. The van der Waals surface area contributed by atoms with Gasteiger partial charge in [0.2, 0.25) is 0 Å². The summed E-state index contributed by atoms with van der Waals surface area (Å²) in [5.74, 6) is 0.108. The normalized spacial score (nSPS) is 10.5. The number of hydrogen-bond acceptors (Lipinski definition) is 2. The van der Waals surface area contributed by atoms with Gasteiger partial charge < -0.3 is 9.67 Å². The zero-order valence-corrected chi connectivity index (χ0v) is 8.31. The maximum atomic E-state index is 12.8. The number of rotatable bonds is 2. The first kappa shape index (κ1) is 9.71. The molecule has 0 aliphatic heterocycles. The van der Waals surface area contributed by atoms with Gasteiger partial charge in [-0.2, -0.15) is 0 Å². The number of halogens is 1. The first-order valence-corrected chi connectivity index (χ1v) is 4.72. The van der Waals surface area contributed by atoms with Crippen LogP contribution in [-0.4, -0.2) is 14.7 Å². The maximum absolute atomic E-state index is 12.8. The molecule has 1 aromatic heterocycles. The molecular weight excluding hydrogens is 195 g/mol. The molecule has 1 heterocycles. The lowest BCUT2D eigenvalue weighted by Crippen LogP contribution is -1.96. The van der Waals surface area contributed by atoms with E-state index in [2.05, 4.69) is 4.98 Å². The van der Waals surface area contributed by atoms with E-state index in [1.807, 2.05) is 17.7 Å². The fourth-order valence-corrected chi connectivity index (χ4v) is 1.50. The molecule has 2 aromatic rings. The Hall–Kier alpha value is -1.84. The zero-order chi connectivity index (χ0) is 10.8. The van der Waals surface area contributed by atoms with Gasteiger partial charge in [0.25, 0.3) is 0 Å². The molecule has 0 spiro atoms. The van der Waals surface area contributed by atoms with Gasteiger partial charge in [-0.3, -0.25) is 0 Å². The van der Waals surface area contributed by atoms with Crippen LogP contribution in [0.5, 0.6) is 5.75 Å². The fraction of sp³-hybridized carbons (Fsp3) is 0.182. The van der Waals surface area contributed by atoms with Crippen molar-refractivity contribution in [3.63, 3.8) is 0 Å². The van der Waals surface area contributed by atoms with Crippen molar-refractivity contribution in [1.29, 1.82) is 0 Å². The summed E-state index contributed by atoms with van der Waals surface area (Å²) in [4.78, 5) is 4.13. The summed E-state index contributed by atoms with van der Waals surface area (Å²) in [6, 6.07) is 3.92. The molecule has 0 saturated heterocycles. The van der Waals surface area contributed by atoms with Crippen LogP contribution in [0.2, 0.25) is 0 Å². The van der Waals surface area contributed by atoms with Crippen LogP contribution < -0.4 is 0 Å². The van der Waals surface area contributed by atoms with Crippen molar-refractivity contribution in [3.8, 4) is 17.1 Å². The first-order valence-electron chi connectivity index (χ1n) is 4.72. The highest BCUT2D eigenvalue weighted by molar-refractivity contribution is 5.63. The fourth-order valence-electron chi connectivity index (χ4n) is 1.50. The van der Waals surface area contributed by atoms with E-state index in [0.29, 0.717) is 11.4 Å². The summed E-state index contributed by atoms with van der Waals surface area (Å²) >= 11 is 0. The molecule has 2 rings (SSSR count). The highest BCUT2D eigenvalue weighted by Crippen LogP contribution is 2.28. The standard InChI is InChI=1S/C11H11FN2O/c1-2-14-6-5-13-11(14)9-4-3-8(12)7-10(9)15/h3-7,15H,2H2,1H3. The predicted octanol–water partition coefficient (Wildman–Crippen LogP) is 2.41. The number of phenols is 1. The second kappa shape index (κ2) is 3.73. The van der Waals surface area contributed by atoms with E-state index in [1.54, 1.807) is 6.20 Å². The summed E-state index contributed by atoms with van der Waals surface area (Å²) in [5.41, 5.74) is 0.545. The van der Waals surface area contributed by atoms with Crippen LogP contribution in [0.3, 0.4) is 0 Å². The van der Waals surface area contributed by atoms with E-state index in [1.165, 1.54) is 12.1 Å². The van der Waals surface area contributed by atoms with Gasteiger partial charge in [0.05, 0.1) is 5.56 Å². The van der Waals surface area contributed by atoms with Crippen LogP contribution in [0, 0.1) is 5.82 Å². The van der Waals surface area contributed by atoms with E-state index >= 15 is 0 Å². The molecule has 0 atom stereocenters. The molecule has 4 heteroatoms. The van der Waals surface area contributed by atoms with E-state index in [-0.39, 0.29) is 5.75 Å². The van der Waals surface area contributed by atoms with E-state index < -0.39 is 5.82 Å². The molecule has 0 fully saturated rings. The molecule has 0 radical (unpaired) electrons. The second-order valence-electron chi connectivity index (χ2n) is 3.20. The predicted molar refractivity (Wildman–Crippen MR) is 55.0 cm³/mol. The number of hydrogen-bond donors (Lipinski definition) is 1. The molecular formula is C11H11FN2O. The number of benzene rings is 1. The Bertz CT molecular complexity index is 479. The van der Waals surface area contributed by atoms with Gasteiger partial charge in [-0.15, -0.1) is 0 Å². The number of aromatic nitrogens is 2. The minimum absolute atomic E-state index is 0.0871. The van der Waals surface area contributed by atoms with E-state index in [4.69, 9.17) is 0 Å². The molecule has 0 amide bonds. The van der Waals surface area contributed by atoms with Crippen molar-refractivity contribution in [3.05, 3.63) is 36.4 Å². The molecule has 0 unspecified atom stereocenters. The van der Waals surface area contributed by atoms with E-state index in [0.717, 1.165) is 12.6 Å². The van der Waals surface area contributed by atoms with Crippen LogP contribution in [0.25, 0.3) is 11.4 Å². The minimum Gasteiger partial charge on any atom is -0.507 e. The Labute approximate surface area is 86.8 Å². The lowest BCUT2D eigenvalue weighted by molar-refractivity contribution is 0.470. The van der Waals surface area contributed by atoms with Gasteiger partial charge in [-0.05, 0) is 19.1 Å². The quantitative estimate of drug-likeness (QED) is 0.819. The van der Waals surface area contributed by atoms with Crippen molar-refractivity contribution >= 4 is 0 Å². The number of imidazole rings is 1. The number of aromatic hydroxyl groups is 1. The van der Waals surface area contributed by atoms with Crippen LogP contribution in [-0.2, 0) is 6.54 Å². The summed E-state index contributed by atoms with van der Waals surface area (Å²) in [6.45, 7) is 2.73. The third kappa shape index (κ3) is 1.70. The third-order valence-corrected chi connectivity index (χ3v) is 2.26. The summed E-state index contributed by atoms with van der Waals surface area (Å²) in [5, 5.41) is 9.59. The summed E-state index contributed by atoms with van der Waals surface area (Å²) in [7, 11) is 0. The van der Waals surface area contributed by atoms with Crippen molar-refractivity contribution in [2.24, 2.45) is 0 Å². The molecule has 0 bridgehead atoms. The second-order valence-corrected chi connectivity index (χ2v) is 3.20. The maximum Gasteiger partial charge on any atom is 0.143 e. The highest BCUT2D eigenvalue weighted by Gasteiger charge is 2.10. The third-order valence-electron chi connectivity index (χ3n) is 2.26. The number of phenolic OH excluding ortho intramolecular Hbond substituents is 1. The van der Waals surface area contributed by atoms with Crippen molar-refractivity contribution in [2.75, 3.05) is 0 Å². The van der Waals surface area contributed by atoms with Gasteiger partial charge in [0.15, 0.2) is 0 Å². The van der Waals surface area contributed by atoms with Crippen LogP contribution in [0.4, 0.5) is 4.39 Å². The smallest absolute Gasteiger partial charge is 0.143 e. The van der Waals surface area contributed by atoms with Crippen molar-refractivity contribution < 1.29 is 9.50 Å².